The number of amides is 1. The van der Waals surface area contributed by atoms with Crippen LogP contribution in [0.2, 0.25) is 10.2 Å². The van der Waals surface area contributed by atoms with Crippen molar-refractivity contribution in [3.63, 3.8) is 0 Å². The third kappa shape index (κ3) is 3.75. The van der Waals surface area contributed by atoms with Crippen LogP contribution >= 0.6 is 35.0 Å². The van der Waals surface area contributed by atoms with Gasteiger partial charge in [-0.15, -0.1) is 0 Å². The Kier molecular flexibility index (Phi) is 5.33. The van der Waals surface area contributed by atoms with E-state index >= 15 is 0 Å². The number of amidine groups is 1. The molecule has 0 bridgehead atoms. The van der Waals surface area contributed by atoms with Crippen molar-refractivity contribution in [2.75, 3.05) is 5.75 Å². The molecular formula is C19H19Cl2N3OS. The third-order valence-electron chi connectivity index (χ3n) is 4.15. The van der Waals surface area contributed by atoms with Crippen LogP contribution in [0.25, 0.3) is 0 Å². The number of nitrogens with zero attached hydrogens (tertiary/aromatic N) is 3. The number of pyridine rings is 1. The SMILES string of the molecule is Cc1ccc(C)c(N=C2SCC(C)(C)N2C(=O)c2nc(Cl)ccc2Cl)c1. The van der Waals surface area contributed by atoms with Gasteiger partial charge in [0.25, 0.3) is 5.91 Å². The number of carbonyl (C=O) groups is 1. The van der Waals surface area contributed by atoms with Crippen LogP contribution in [0.3, 0.4) is 0 Å². The molecule has 0 atom stereocenters. The Balaban J connectivity index is 2.07. The molecule has 0 radical (unpaired) electrons. The zero-order chi connectivity index (χ0) is 19.1. The van der Waals surface area contributed by atoms with E-state index in [0.717, 1.165) is 22.6 Å². The van der Waals surface area contributed by atoms with Gasteiger partial charge in [-0.05, 0) is 57.0 Å². The third-order valence-corrected chi connectivity index (χ3v) is 6.05. The molecule has 1 aromatic heterocycles. The van der Waals surface area contributed by atoms with Gasteiger partial charge in [-0.3, -0.25) is 9.69 Å². The average molecular weight is 408 g/mol. The van der Waals surface area contributed by atoms with Crippen molar-refractivity contribution in [2.24, 2.45) is 4.99 Å². The Bertz CT molecular complexity index is 912. The summed E-state index contributed by atoms with van der Waals surface area (Å²) < 4.78 is 0. The number of hydrogen-bond donors (Lipinski definition) is 0. The lowest BCUT2D eigenvalue weighted by Gasteiger charge is -2.30. The number of benzene rings is 1. The fourth-order valence-corrected chi connectivity index (χ4v) is 4.26. The first-order valence-electron chi connectivity index (χ1n) is 8.14. The second-order valence-electron chi connectivity index (χ2n) is 6.89. The van der Waals surface area contributed by atoms with Crippen LogP contribution in [0.4, 0.5) is 5.69 Å². The van der Waals surface area contributed by atoms with Crippen LogP contribution in [0.15, 0.2) is 35.3 Å². The highest BCUT2D eigenvalue weighted by atomic mass is 35.5. The van der Waals surface area contributed by atoms with Gasteiger partial charge in [-0.2, -0.15) is 0 Å². The van der Waals surface area contributed by atoms with Crippen molar-refractivity contribution < 1.29 is 4.79 Å². The van der Waals surface area contributed by atoms with Gasteiger partial charge in [0, 0.05) is 5.75 Å². The molecule has 1 aliphatic heterocycles. The summed E-state index contributed by atoms with van der Waals surface area (Å²) in [5, 5.41) is 1.15. The maximum Gasteiger partial charge on any atom is 0.280 e. The standard InChI is InChI=1S/C19H19Cl2N3OS/c1-11-5-6-12(2)14(9-11)22-18-24(19(3,4)10-26-18)17(25)16-13(20)7-8-15(21)23-16/h5-9H,10H2,1-4H3. The first-order chi connectivity index (χ1) is 12.2. The molecule has 0 unspecified atom stereocenters. The zero-order valence-electron chi connectivity index (χ0n) is 15.0. The van der Waals surface area contributed by atoms with E-state index in [9.17, 15) is 4.79 Å². The highest BCUT2D eigenvalue weighted by molar-refractivity contribution is 8.14. The lowest BCUT2D eigenvalue weighted by Crippen LogP contribution is -2.46. The minimum Gasteiger partial charge on any atom is -0.279 e. The monoisotopic (exact) mass is 407 g/mol. The normalized spacial score (nSPS) is 17.8. The molecule has 0 saturated carbocycles. The summed E-state index contributed by atoms with van der Waals surface area (Å²) in [7, 11) is 0. The molecule has 2 heterocycles. The molecule has 26 heavy (non-hydrogen) atoms. The van der Waals surface area contributed by atoms with E-state index in [0.29, 0.717) is 5.17 Å². The molecule has 136 valence electrons. The van der Waals surface area contributed by atoms with Crippen molar-refractivity contribution in [2.45, 2.75) is 33.2 Å². The van der Waals surface area contributed by atoms with Crippen LogP contribution in [0.1, 0.15) is 35.5 Å². The predicted molar refractivity (Wildman–Crippen MR) is 110 cm³/mol. The second kappa shape index (κ2) is 7.22. The quantitative estimate of drug-likeness (QED) is 0.603. The van der Waals surface area contributed by atoms with Crippen LogP contribution in [0.5, 0.6) is 0 Å². The van der Waals surface area contributed by atoms with E-state index in [4.69, 9.17) is 28.2 Å². The first kappa shape index (κ1) is 19.2. The molecule has 0 aliphatic carbocycles. The Hall–Kier alpha value is -1.56. The van der Waals surface area contributed by atoms with Gasteiger partial charge in [-0.25, -0.2) is 9.98 Å². The summed E-state index contributed by atoms with van der Waals surface area (Å²) in [6.07, 6.45) is 0. The summed E-state index contributed by atoms with van der Waals surface area (Å²) in [5.41, 5.74) is 2.76. The number of rotatable bonds is 2. The molecular weight excluding hydrogens is 389 g/mol. The molecule has 1 fully saturated rings. The lowest BCUT2D eigenvalue weighted by molar-refractivity contribution is 0.0761. The number of carbonyl (C=O) groups excluding carboxylic acids is 1. The van der Waals surface area contributed by atoms with Crippen molar-refractivity contribution in [1.29, 1.82) is 0 Å². The van der Waals surface area contributed by atoms with Gasteiger partial charge >= 0.3 is 0 Å². The number of thioether (sulfide) groups is 1. The summed E-state index contributed by atoms with van der Waals surface area (Å²) >= 11 is 13.7. The van der Waals surface area contributed by atoms with Crippen molar-refractivity contribution in [1.82, 2.24) is 9.88 Å². The lowest BCUT2D eigenvalue weighted by atomic mass is 10.1. The molecule has 0 spiro atoms. The maximum absolute atomic E-state index is 13.2. The fraction of sp³-hybridized carbons (Fsp3) is 0.316. The van der Waals surface area contributed by atoms with Crippen LogP contribution in [0, 0.1) is 13.8 Å². The predicted octanol–water partition coefficient (Wildman–Crippen LogP) is 5.66. The minimum absolute atomic E-state index is 0.142. The van der Waals surface area contributed by atoms with Crippen LogP contribution in [-0.4, -0.2) is 32.3 Å². The van der Waals surface area contributed by atoms with Crippen molar-refractivity contribution in [3.8, 4) is 0 Å². The van der Waals surface area contributed by atoms with Crippen molar-refractivity contribution >= 4 is 51.7 Å². The number of aliphatic imine (C=N–C) groups is 1. The Labute approximate surface area is 167 Å². The van der Waals surface area contributed by atoms with E-state index in [-0.39, 0.29) is 21.8 Å². The molecule has 4 nitrogen and oxygen atoms in total. The van der Waals surface area contributed by atoms with Crippen LogP contribution < -0.4 is 0 Å². The molecule has 2 aromatic rings. The Morgan fingerprint density at radius 1 is 1.23 bits per heavy atom. The molecule has 0 N–H and O–H groups in total. The highest BCUT2D eigenvalue weighted by Crippen LogP contribution is 2.37. The smallest absolute Gasteiger partial charge is 0.279 e. The second-order valence-corrected chi connectivity index (χ2v) is 8.63. The van der Waals surface area contributed by atoms with Gasteiger partial charge in [-0.1, -0.05) is 47.1 Å². The molecule has 1 aromatic carbocycles. The largest absolute Gasteiger partial charge is 0.280 e. The molecule has 7 heteroatoms. The van der Waals surface area contributed by atoms with Gasteiger partial charge in [0.1, 0.15) is 10.8 Å². The summed E-state index contributed by atoms with van der Waals surface area (Å²) in [6.45, 7) is 8.03. The Morgan fingerprint density at radius 2 is 1.96 bits per heavy atom. The molecule has 1 saturated heterocycles. The van der Waals surface area contributed by atoms with E-state index < -0.39 is 5.54 Å². The maximum atomic E-state index is 13.2. The van der Waals surface area contributed by atoms with E-state index in [1.165, 1.54) is 0 Å². The zero-order valence-corrected chi connectivity index (χ0v) is 17.3. The summed E-state index contributed by atoms with van der Waals surface area (Å²) in [4.78, 5) is 23.8. The number of halogens is 2. The number of hydrogen-bond acceptors (Lipinski definition) is 4. The average Bonchev–Trinajstić information content (AvgIpc) is 2.87. The first-order valence-corrected chi connectivity index (χ1v) is 9.88. The van der Waals surface area contributed by atoms with Gasteiger partial charge in [0.2, 0.25) is 0 Å². The Morgan fingerprint density at radius 3 is 2.69 bits per heavy atom. The molecule has 1 amide bonds. The number of aromatic nitrogens is 1. The number of aryl methyl sites for hydroxylation is 2. The fourth-order valence-electron chi connectivity index (χ4n) is 2.69. The van der Waals surface area contributed by atoms with E-state index in [1.807, 2.05) is 45.9 Å². The van der Waals surface area contributed by atoms with E-state index in [1.54, 1.807) is 28.8 Å². The van der Waals surface area contributed by atoms with Crippen molar-refractivity contribution in [3.05, 3.63) is 57.3 Å². The highest BCUT2D eigenvalue weighted by Gasteiger charge is 2.42. The van der Waals surface area contributed by atoms with Gasteiger partial charge in [0.15, 0.2) is 5.17 Å². The van der Waals surface area contributed by atoms with Crippen LogP contribution in [-0.2, 0) is 0 Å². The van der Waals surface area contributed by atoms with E-state index in [2.05, 4.69) is 4.98 Å². The summed E-state index contributed by atoms with van der Waals surface area (Å²) in [5.74, 6) is 0.442. The topological polar surface area (TPSA) is 45.6 Å². The molecule has 3 rings (SSSR count). The molecule has 1 aliphatic rings. The van der Waals surface area contributed by atoms with Gasteiger partial charge in [0.05, 0.1) is 16.2 Å². The minimum atomic E-state index is -0.411. The van der Waals surface area contributed by atoms with Gasteiger partial charge < -0.3 is 0 Å². The summed E-state index contributed by atoms with van der Waals surface area (Å²) in [6, 6.07) is 9.24.